The lowest BCUT2D eigenvalue weighted by Gasteiger charge is -2.23. The van der Waals surface area contributed by atoms with Crippen molar-refractivity contribution in [3.05, 3.63) is 41.2 Å². The number of halogens is 2. The van der Waals surface area contributed by atoms with E-state index in [0.29, 0.717) is 42.0 Å². The van der Waals surface area contributed by atoms with Crippen LogP contribution in [-0.4, -0.2) is 29.0 Å². The van der Waals surface area contributed by atoms with Crippen LogP contribution >= 0.6 is 11.8 Å². The number of hydrogen-bond acceptors (Lipinski definition) is 5. The summed E-state index contributed by atoms with van der Waals surface area (Å²) >= 11 is 1.39. The molecule has 1 N–H and O–H groups in total. The first-order valence-corrected chi connectivity index (χ1v) is 9.60. The summed E-state index contributed by atoms with van der Waals surface area (Å²) in [7, 11) is 0. The summed E-state index contributed by atoms with van der Waals surface area (Å²) in [5.74, 6) is 0.988. The first-order chi connectivity index (χ1) is 13.0. The van der Waals surface area contributed by atoms with Gasteiger partial charge in [-0.25, -0.2) is 8.78 Å². The van der Waals surface area contributed by atoms with Crippen molar-refractivity contribution in [2.24, 2.45) is 11.1 Å². The first kappa shape index (κ1) is 21.0. The summed E-state index contributed by atoms with van der Waals surface area (Å²) < 4.78 is 26.2. The number of carbonyl (C=O) groups excluding carboxylic acids is 1. The maximum Gasteiger partial charge on any atom is 0.177 e. The number of aliphatic hydroxyl groups is 1. The molecular weight excluding hydrogens is 372 g/mol. The Morgan fingerprint density at radius 1 is 1.41 bits per heavy atom. The largest absolute Gasteiger partial charge is 0.511 e. The second kappa shape index (κ2) is 10.1. The fourth-order valence-electron chi connectivity index (χ4n) is 2.85. The number of allylic oxidation sites excluding steroid dienone is 2. The number of thioether (sulfide) groups is 1. The van der Waals surface area contributed by atoms with Gasteiger partial charge in [0.25, 0.3) is 0 Å². The molecule has 0 amide bonds. The molecule has 1 aliphatic rings. The number of Topliss-reactive ketones (excluding diaryl/α,β-unsaturated/α-hetero) is 1. The van der Waals surface area contributed by atoms with Crippen LogP contribution < -0.4 is 0 Å². The average molecular weight is 393 g/mol. The minimum absolute atomic E-state index is 0.00440. The molecule has 1 aromatic carbocycles. The zero-order chi connectivity index (χ0) is 19.8. The van der Waals surface area contributed by atoms with E-state index < -0.39 is 11.6 Å². The van der Waals surface area contributed by atoms with Gasteiger partial charge < -0.3 is 9.94 Å². The smallest absolute Gasteiger partial charge is 0.177 e. The molecular formula is C20H21F2NO3S. The molecule has 4 nitrogen and oxygen atoms in total. The van der Waals surface area contributed by atoms with E-state index in [0.717, 1.165) is 12.1 Å². The monoisotopic (exact) mass is 393 g/mol. The van der Waals surface area contributed by atoms with Crippen LogP contribution in [0.3, 0.4) is 0 Å². The van der Waals surface area contributed by atoms with Crippen LogP contribution in [0, 0.1) is 29.9 Å². The number of carbonyl (C=O) groups is 1. The Morgan fingerprint density at radius 3 is 2.81 bits per heavy atom. The van der Waals surface area contributed by atoms with Gasteiger partial charge in [-0.3, -0.25) is 4.79 Å². The van der Waals surface area contributed by atoms with E-state index >= 15 is 0 Å². The predicted octanol–water partition coefficient (Wildman–Crippen LogP) is 4.65. The third-order valence-electron chi connectivity index (χ3n) is 4.16. The lowest BCUT2D eigenvalue weighted by Crippen LogP contribution is -2.25. The Morgan fingerprint density at radius 2 is 2.19 bits per heavy atom. The van der Waals surface area contributed by atoms with Crippen LogP contribution in [0.5, 0.6) is 0 Å². The molecule has 1 unspecified atom stereocenters. The highest BCUT2D eigenvalue weighted by molar-refractivity contribution is 7.99. The van der Waals surface area contributed by atoms with Gasteiger partial charge in [-0.2, -0.15) is 0 Å². The Bertz CT molecular complexity index is 799. The first-order valence-electron chi connectivity index (χ1n) is 8.62. The van der Waals surface area contributed by atoms with Crippen molar-refractivity contribution < 1.29 is 23.5 Å². The SMILES string of the molecule is C#CCON=C(CC)C1=C(O)CC(CCSc2ccc(F)c(F)c2)CC1=O. The van der Waals surface area contributed by atoms with Crippen LogP contribution in [0.15, 0.2) is 39.6 Å². The van der Waals surface area contributed by atoms with Crippen LogP contribution in [0.1, 0.15) is 32.6 Å². The molecule has 1 aliphatic carbocycles. The highest BCUT2D eigenvalue weighted by atomic mass is 32.2. The topological polar surface area (TPSA) is 58.9 Å². The molecule has 0 fully saturated rings. The van der Waals surface area contributed by atoms with Gasteiger partial charge in [0.1, 0.15) is 5.76 Å². The zero-order valence-corrected chi connectivity index (χ0v) is 15.8. The normalized spacial score (nSPS) is 17.8. The van der Waals surface area contributed by atoms with Gasteiger partial charge in [0.2, 0.25) is 0 Å². The van der Waals surface area contributed by atoms with E-state index in [1.807, 2.05) is 6.92 Å². The van der Waals surface area contributed by atoms with Gasteiger partial charge in [0, 0.05) is 17.7 Å². The Hall–Kier alpha value is -2.33. The summed E-state index contributed by atoms with van der Waals surface area (Å²) in [6.07, 6.45) is 6.87. The highest BCUT2D eigenvalue weighted by Crippen LogP contribution is 2.31. The van der Waals surface area contributed by atoms with E-state index in [-0.39, 0.29) is 29.6 Å². The molecule has 0 heterocycles. The lowest BCUT2D eigenvalue weighted by atomic mass is 9.83. The molecule has 0 aliphatic heterocycles. The maximum atomic E-state index is 13.2. The van der Waals surface area contributed by atoms with E-state index in [4.69, 9.17) is 11.3 Å². The fraction of sp³-hybridized carbons (Fsp3) is 0.400. The summed E-state index contributed by atoms with van der Waals surface area (Å²) in [4.78, 5) is 18.0. The van der Waals surface area contributed by atoms with Crippen molar-refractivity contribution in [1.82, 2.24) is 0 Å². The quantitative estimate of drug-likeness (QED) is 0.230. The third kappa shape index (κ3) is 5.83. The van der Waals surface area contributed by atoms with Gasteiger partial charge in [0.05, 0.1) is 11.3 Å². The summed E-state index contributed by atoms with van der Waals surface area (Å²) in [5.41, 5.74) is 0.612. The average Bonchev–Trinajstić information content (AvgIpc) is 2.63. The third-order valence-corrected chi connectivity index (χ3v) is 5.18. The fourth-order valence-corrected chi connectivity index (χ4v) is 3.89. The van der Waals surface area contributed by atoms with E-state index in [2.05, 4.69) is 11.1 Å². The van der Waals surface area contributed by atoms with Gasteiger partial charge in [0.15, 0.2) is 24.0 Å². The number of oxime groups is 1. The molecule has 27 heavy (non-hydrogen) atoms. The molecule has 0 saturated carbocycles. The second-order valence-corrected chi connectivity index (χ2v) is 7.27. The van der Waals surface area contributed by atoms with E-state index in [9.17, 15) is 18.7 Å². The van der Waals surface area contributed by atoms with Crippen LogP contribution in [-0.2, 0) is 9.63 Å². The van der Waals surface area contributed by atoms with Gasteiger partial charge in [-0.15, -0.1) is 18.2 Å². The van der Waals surface area contributed by atoms with Gasteiger partial charge in [-0.1, -0.05) is 18.0 Å². The molecule has 0 bridgehead atoms. The molecule has 1 atom stereocenters. The molecule has 0 saturated heterocycles. The van der Waals surface area contributed by atoms with Crippen molar-refractivity contribution in [2.45, 2.75) is 37.5 Å². The van der Waals surface area contributed by atoms with Gasteiger partial charge in [-0.05, 0) is 42.7 Å². The summed E-state index contributed by atoms with van der Waals surface area (Å²) in [5, 5.41) is 14.2. The molecule has 1 aromatic rings. The van der Waals surface area contributed by atoms with E-state index in [1.165, 1.54) is 17.8 Å². The number of benzene rings is 1. The number of hydrogen-bond donors (Lipinski definition) is 1. The molecule has 0 radical (unpaired) electrons. The number of ketones is 1. The number of aliphatic hydroxyl groups excluding tert-OH is 1. The van der Waals surface area contributed by atoms with Gasteiger partial charge >= 0.3 is 0 Å². The van der Waals surface area contributed by atoms with Crippen LogP contribution in [0.4, 0.5) is 8.78 Å². The van der Waals surface area contributed by atoms with Crippen molar-refractivity contribution in [3.8, 4) is 12.3 Å². The zero-order valence-electron chi connectivity index (χ0n) is 15.0. The molecule has 0 aromatic heterocycles. The molecule has 0 spiro atoms. The van der Waals surface area contributed by atoms with E-state index in [1.54, 1.807) is 0 Å². The minimum Gasteiger partial charge on any atom is -0.511 e. The summed E-state index contributed by atoms with van der Waals surface area (Å²) in [6.45, 7) is 1.81. The maximum absolute atomic E-state index is 13.2. The van der Waals surface area contributed by atoms with Crippen molar-refractivity contribution in [2.75, 3.05) is 12.4 Å². The Balaban J connectivity index is 1.96. The molecule has 7 heteroatoms. The summed E-state index contributed by atoms with van der Waals surface area (Å²) in [6, 6.07) is 3.77. The minimum atomic E-state index is -0.878. The number of terminal acetylenes is 1. The predicted molar refractivity (Wildman–Crippen MR) is 102 cm³/mol. The highest BCUT2D eigenvalue weighted by Gasteiger charge is 2.30. The van der Waals surface area contributed by atoms with Crippen molar-refractivity contribution in [3.63, 3.8) is 0 Å². The lowest BCUT2D eigenvalue weighted by molar-refractivity contribution is -0.116. The molecule has 144 valence electrons. The Labute approximate surface area is 161 Å². The molecule has 2 rings (SSSR count). The van der Waals surface area contributed by atoms with Crippen molar-refractivity contribution in [1.29, 1.82) is 0 Å². The standard InChI is InChI=1S/C20H21F2NO3S/c1-3-8-26-23-17(4-2)20-18(24)10-13(11-19(20)25)7-9-27-14-5-6-15(21)16(22)12-14/h1,5-6,12-13,24H,4,7-11H2,2H3. The van der Waals surface area contributed by atoms with Crippen LogP contribution in [0.25, 0.3) is 0 Å². The number of rotatable bonds is 8. The Kier molecular flexibility index (Phi) is 7.86. The van der Waals surface area contributed by atoms with Crippen LogP contribution in [0.2, 0.25) is 0 Å². The number of nitrogens with zero attached hydrogens (tertiary/aromatic N) is 1. The van der Waals surface area contributed by atoms with Crippen molar-refractivity contribution >= 4 is 23.3 Å². The second-order valence-electron chi connectivity index (χ2n) is 6.10.